The zero-order valence-electron chi connectivity index (χ0n) is 6.94. The van der Waals surface area contributed by atoms with Crippen LogP contribution in [-0.4, -0.2) is 22.2 Å². The summed E-state index contributed by atoms with van der Waals surface area (Å²) in [6, 6.07) is 4.36. The Morgan fingerprint density at radius 1 is 1.14 bits per heavy atom. The second-order valence-corrected chi connectivity index (χ2v) is 2.61. The molecular formula is C10H12O4. The molecule has 0 atom stereocenters. The van der Waals surface area contributed by atoms with E-state index < -0.39 is 11.9 Å². The predicted octanol–water partition coefficient (Wildman–Crippen LogP) is 2.03. The lowest BCUT2D eigenvalue weighted by Crippen LogP contribution is -2.09. The number of hydrogen-bond donors (Lipinski definition) is 2. The van der Waals surface area contributed by atoms with Gasteiger partial charge in [0.15, 0.2) is 0 Å². The summed E-state index contributed by atoms with van der Waals surface area (Å²) in [5, 5.41) is 17.4. The van der Waals surface area contributed by atoms with Crippen LogP contribution in [-0.2, 0) is 0 Å². The molecule has 0 radical (unpaired) electrons. The van der Waals surface area contributed by atoms with Gasteiger partial charge in [0.25, 0.3) is 0 Å². The van der Waals surface area contributed by atoms with Crippen molar-refractivity contribution in [3.8, 4) is 0 Å². The van der Waals surface area contributed by atoms with E-state index in [1.54, 1.807) is 13.0 Å². The number of aromatic carboxylic acids is 2. The van der Waals surface area contributed by atoms with Gasteiger partial charge in [0.05, 0.1) is 11.1 Å². The Balaban J connectivity index is 0.00000169. The van der Waals surface area contributed by atoms with Crippen LogP contribution in [0.4, 0.5) is 0 Å². The molecule has 1 rings (SSSR count). The molecule has 0 saturated carbocycles. The molecule has 0 fully saturated rings. The second kappa shape index (κ2) is 4.41. The first-order chi connectivity index (χ1) is 6.04. The Hall–Kier alpha value is -1.84. The van der Waals surface area contributed by atoms with Crippen molar-refractivity contribution < 1.29 is 19.8 Å². The van der Waals surface area contributed by atoms with Crippen LogP contribution in [0.25, 0.3) is 0 Å². The quantitative estimate of drug-likeness (QED) is 0.758. The maximum absolute atomic E-state index is 10.7. The molecule has 4 nitrogen and oxygen atoms in total. The molecule has 0 spiro atoms. The number of aryl methyl sites for hydroxylation is 1. The molecule has 1 aromatic rings. The number of carbonyl (C=O) groups is 2. The molecule has 0 heterocycles. The van der Waals surface area contributed by atoms with Gasteiger partial charge in [-0.2, -0.15) is 0 Å². The molecule has 4 heteroatoms. The fourth-order valence-corrected chi connectivity index (χ4v) is 1.13. The van der Waals surface area contributed by atoms with Crippen molar-refractivity contribution in [1.29, 1.82) is 0 Å². The summed E-state index contributed by atoms with van der Waals surface area (Å²) >= 11 is 0. The van der Waals surface area contributed by atoms with E-state index in [9.17, 15) is 9.59 Å². The minimum atomic E-state index is -1.22. The van der Waals surface area contributed by atoms with Crippen molar-refractivity contribution in [3.63, 3.8) is 0 Å². The molecule has 0 amide bonds. The van der Waals surface area contributed by atoms with Gasteiger partial charge in [-0.15, -0.1) is 0 Å². The van der Waals surface area contributed by atoms with Gasteiger partial charge in [-0.25, -0.2) is 9.59 Å². The molecule has 76 valence electrons. The van der Waals surface area contributed by atoms with Crippen LogP contribution in [0.5, 0.6) is 0 Å². The minimum absolute atomic E-state index is 0. The number of carboxylic acid groups (broad SMARTS) is 2. The van der Waals surface area contributed by atoms with E-state index in [4.69, 9.17) is 10.2 Å². The van der Waals surface area contributed by atoms with E-state index >= 15 is 0 Å². The molecule has 1 aromatic carbocycles. The van der Waals surface area contributed by atoms with E-state index in [2.05, 4.69) is 0 Å². The first-order valence-electron chi connectivity index (χ1n) is 3.60. The average molecular weight is 196 g/mol. The smallest absolute Gasteiger partial charge is 0.336 e. The number of benzene rings is 1. The van der Waals surface area contributed by atoms with Gasteiger partial charge in [0.2, 0.25) is 0 Å². The zero-order valence-corrected chi connectivity index (χ0v) is 6.94. The molecule has 0 aromatic heterocycles. The highest BCUT2D eigenvalue weighted by atomic mass is 16.4. The van der Waals surface area contributed by atoms with Crippen LogP contribution in [0, 0.1) is 6.92 Å². The first-order valence-corrected chi connectivity index (χ1v) is 3.60. The highest BCUT2D eigenvalue weighted by Crippen LogP contribution is 2.13. The summed E-state index contributed by atoms with van der Waals surface area (Å²) in [7, 11) is 0. The van der Waals surface area contributed by atoms with Crippen molar-refractivity contribution >= 4 is 11.9 Å². The second-order valence-electron chi connectivity index (χ2n) is 2.61. The van der Waals surface area contributed by atoms with Gasteiger partial charge in [-0.1, -0.05) is 19.6 Å². The summed E-state index contributed by atoms with van der Waals surface area (Å²) < 4.78 is 0. The van der Waals surface area contributed by atoms with Crippen molar-refractivity contribution in [2.24, 2.45) is 0 Å². The largest absolute Gasteiger partial charge is 0.478 e. The maximum Gasteiger partial charge on any atom is 0.336 e. The molecular weight excluding hydrogens is 184 g/mol. The molecule has 14 heavy (non-hydrogen) atoms. The van der Waals surface area contributed by atoms with Crippen LogP contribution in [0.1, 0.15) is 33.7 Å². The average Bonchev–Trinajstić information content (AvgIpc) is 2.02. The van der Waals surface area contributed by atoms with E-state index in [1.165, 1.54) is 12.1 Å². The molecule has 0 unspecified atom stereocenters. The third-order valence-corrected chi connectivity index (χ3v) is 1.72. The zero-order chi connectivity index (χ0) is 10.0. The SMILES string of the molecule is C.Cc1cccc(C(=O)O)c1C(=O)O. The molecule has 0 aliphatic carbocycles. The van der Waals surface area contributed by atoms with Crippen LogP contribution in [0.2, 0.25) is 0 Å². The molecule has 0 aliphatic rings. The summed E-state index contributed by atoms with van der Waals surface area (Å²) in [5.74, 6) is -2.43. The fraction of sp³-hybridized carbons (Fsp3) is 0.200. The summed E-state index contributed by atoms with van der Waals surface area (Å²) in [4.78, 5) is 21.3. The first kappa shape index (κ1) is 12.2. The number of rotatable bonds is 2. The molecule has 0 aliphatic heterocycles. The summed E-state index contributed by atoms with van der Waals surface area (Å²) in [6.07, 6.45) is 0. The standard InChI is InChI=1S/C9H8O4.CH4/c1-5-3-2-4-6(8(10)11)7(5)9(12)13;/h2-4H,1H3,(H,10,11)(H,12,13);1H4. The third-order valence-electron chi connectivity index (χ3n) is 1.72. The highest BCUT2D eigenvalue weighted by Gasteiger charge is 2.17. The van der Waals surface area contributed by atoms with E-state index in [0.717, 1.165) is 0 Å². The minimum Gasteiger partial charge on any atom is -0.478 e. The van der Waals surface area contributed by atoms with Gasteiger partial charge >= 0.3 is 11.9 Å². The normalized spacial score (nSPS) is 8.93. The van der Waals surface area contributed by atoms with Gasteiger partial charge in [0, 0.05) is 0 Å². The van der Waals surface area contributed by atoms with Crippen molar-refractivity contribution in [3.05, 3.63) is 34.9 Å². The van der Waals surface area contributed by atoms with Crippen LogP contribution in [0.3, 0.4) is 0 Å². The highest BCUT2D eigenvalue weighted by molar-refractivity contribution is 6.02. The number of carboxylic acids is 2. The summed E-state index contributed by atoms with van der Waals surface area (Å²) in [5.41, 5.74) is 0.134. The Bertz CT molecular complexity index is 368. The van der Waals surface area contributed by atoms with Gasteiger partial charge < -0.3 is 10.2 Å². The molecule has 0 saturated heterocycles. The van der Waals surface area contributed by atoms with E-state index in [0.29, 0.717) is 5.56 Å². The van der Waals surface area contributed by atoms with E-state index in [-0.39, 0.29) is 18.6 Å². The molecule has 0 bridgehead atoms. The third kappa shape index (κ3) is 2.10. The number of hydrogen-bond acceptors (Lipinski definition) is 2. The Morgan fingerprint density at radius 2 is 1.71 bits per heavy atom. The Labute approximate surface area is 81.8 Å². The lowest BCUT2D eigenvalue weighted by Gasteiger charge is -2.03. The Kier molecular flexibility index (Phi) is 3.83. The van der Waals surface area contributed by atoms with Gasteiger partial charge in [-0.3, -0.25) is 0 Å². The van der Waals surface area contributed by atoms with Crippen LogP contribution in [0.15, 0.2) is 18.2 Å². The monoisotopic (exact) mass is 196 g/mol. The lowest BCUT2D eigenvalue weighted by molar-refractivity contribution is 0.0651. The summed E-state index contributed by atoms with van der Waals surface area (Å²) in [6.45, 7) is 1.57. The van der Waals surface area contributed by atoms with Crippen molar-refractivity contribution in [1.82, 2.24) is 0 Å². The molecule has 2 N–H and O–H groups in total. The van der Waals surface area contributed by atoms with Gasteiger partial charge in [-0.05, 0) is 18.6 Å². The van der Waals surface area contributed by atoms with Crippen molar-refractivity contribution in [2.75, 3.05) is 0 Å². The maximum atomic E-state index is 10.7. The van der Waals surface area contributed by atoms with Crippen LogP contribution < -0.4 is 0 Å². The Morgan fingerprint density at radius 3 is 2.07 bits per heavy atom. The van der Waals surface area contributed by atoms with Crippen molar-refractivity contribution in [2.45, 2.75) is 14.4 Å². The lowest BCUT2D eigenvalue weighted by atomic mass is 10.0. The van der Waals surface area contributed by atoms with E-state index in [1.807, 2.05) is 0 Å². The van der Waals surface area contributed by atoms with Crippen LogP contribution >= 0.6 is 0 Å². The van der Waals surface area contributed by atoms with Gasteiger partial charge in [0.1, 0.15) is 0 Å². The fourth-order valence-electron chi connectivity index (χ4n) is 1.13. The predicted molar refractivity (Wildman–Crippen MR) is 51.8 cm³/mol. The topological polar surface area (TPSA) is 74.6 Å².